The van der Waals surface area contributed by atoms with Gasteiger partial charge in [0.15, 0.2) is 0 Å². The van der Waals surface area contributed by atoms with Crippen molar-refractivity contribution in [1.82, 2.24) is 9.78 Å². The minimum absolute atomic E-state index is 0.286. The third kappa shape index (κ3) is 1.32. The second-order valence-corrected chi connectivity index (χ2v) is 5.26. The molecule has 4 heteroatoms. The number of hydrogen-bond acceptors (Lipinski definition) is 3. The number of rotatable bonds is 1. The molecular formula is C10H14N2OS. The molecule has 0 amide bonds. The first kappa shape index (κ1) is 8.65. The molecule has 1 saturated carbocycles. The fraction of sp³-hybridized carbons (Fsp3) is 0.700. The van der Waals surface area contributed by atoms with Gasteiger partial charge in [-0.1, -0.05) is 0 Å². The first-order valence-electron chi connectivity index (χ1n) is 5.23. The molecule has 0 atom stereocenters. The molecule has 3 nitrogen and oxygen atoms in total. The molecule has 1 fully saturated rings. The van der Waals surface area contributed by atoms with Gasteiger partial charge in [-0.15, -0.1) is 5.10 Å². The summed E-state index contributed by atoms with van der Waals surface area (Å²) in [7, 11) is 0. The molecule has 1 aromatic rings. The molecule has 1 aromatic heterocycles. The lowest BCUT2D eigenvalue weighted by Crippen LogP contribution is -2.04. The molecule has 1 aliphatic carbocycles. The average molecular weight is 210 g/mol. The lowest BCUT2D eigenvalue weighted by molar-refractivity contribution is 0.433. The topological polar surface area (TPSA) is 38.1 Å². The number of aromatic hydroxyl groups is 1. The second kappa shape index (κ2) is 3.19. The normalized spacial score (nSPS) is 21.7. The molecule has 14 heavy (non-hydrogen) atoms. The summed E-state index contributed by atoms with van der Waals surface area (Å²) in [6.45, 7) is 0. The summed E-state index contributed by atoms with van der Waals surface area (Å²) in [5.41, 5.74) is 2.41. The summed E-state index contributed by atoms with van der Waals surface area (Å²) in [6.07, 6.45) is 4.53. The smallest absolute Gasteiger partial charge is 0.233 e. The lowest BCUT2D eigenvalue weighted by atomic mass is 10.1. The highest BCUT2D eigenvalue weighted by molar-refractivity contribution is 7.99. The predicted molar refractivity (Wildman–Crippen MR) is 56.9 cm³/mol. The Balaban J connectivity index is 2.04. The predicted octanol–water partition coefficient (Wildman–Crippen LogP) is 1.76. The molecule has 0 spiro atoms. The summed E-state index contributed by atoms with van der Waals surface area (Å²) in [4.78, 5) is 0. The van der Waals surface area contributed by atoms with Gasteiger partial charge in [-0.3, -0.25) is 4.68 Å². The van der Waals surface area contributed by atoms with Crippen LogP contribution >= 0.6 is 11.8 Å². The van der Waals surface area contributed by atoms with Crippen molar-refractivity contribution in [2.24, 2.45) is 0 Å². The minimum Gasteiger partial charge on any atom is -0.492 e. The van der Waals surface area contributed by atoms with Crippen LogP contribution in [0.3, 0.4) is 0 Å². The summed E-state index contributed by atoms with van der Waals surface area (Å²) in [5, 5.41) is 14.0. The van der Waals surface area contributed by atoms with Gasteiger partial charge in [0, 0.05) is 11.3 Å². The monoisotopic (exact) mass is 210 g/mol. The van der Waals surface area contributed by atoms with E-state index in [4.69, 9.17) is 0 Å². The van der Waals surface area contributed by atoms with Crippen LogP contribution in [0.5, 0.6) is 5.88 Å². The van der Waals surface area contributed by atoms with Crippen LogP contribution in [0.4, 0.5) is 0 Å². The van der Waals surface area contributed by atoms with Crippen LogP contribution in [0.25, 0.3) is 0 Å². The van der Waals surface area contributed by atoms with E-state index in [1.807, 2.05) is 11.8 Å². The standard InChI is InChI=1S/C10H14N2OS/c13-10-8-3-5-14-6-4-9(8)12(11-10)7-1-2-7/h7H,1-6H2,(H,11,13). The number of fused-ring (bicyclic) bond motifs is 1. The maximum atomic E-state index is 9.74. The zero-order valence-corrected chi connectivity index (χ0v) is 8.89. The molecule has 0 aromatic carbocycles. The molecule has 2 aliphatic rings. The highest BCUT2D eigenvalue weighted by atomic mass is 32.2. The summed E-state index contributed by atoms with van der Waals surface area (Å²) >= 11 is 1.97. The maximum Gasteiger partial charge on any atom is 0.233 e. The van der Waals surface area contributed by atoms with Crippen LogP contribution in [0.15, 0.2) is 0 Å². The van der Waals surface area contributed by atoms with E-state index in [0.717, 1.165) is 24.2 Å². The van der Waals surface area contributed by atoms with E-state index in [0.29, 0.717) is 6.04 Å². The highest BCUT2D eigenvalue weighted by Gasteiger charge is 2.30. The van der Waals surface area contributed by atoms with E-state index in [-0.39, 0.29) is 5.88 Å². The molecule has 0 radical (unpaired) electrons. The van der Waals surface area contributed by atoms with Gasteiger partial charge < -0.3 is 5.11 Å². The first-order valence-corrected chi connectivity index (χ1v) is 6.38. The fourth-order valence-electron chi connectivity index (χ4n) is 2.08. The third-order valence-corrected chi connectivity index (χ3v) is 3.96. The Hall–Kier alpha value is -0.640. The van der Waals surface area contributed by atoms with E-state index in [1.165, 1.54) is 24.3 Å². The SMILES string of the molecule is Oc1nn(C2CC2)c2c1CCSCC2. The van der Waals surface area contributed by atoms with Crippen LogP contribution in [0.2, 0.25) is 0 Å². The van der Waals surface area contributed by atoms with Gasteiger partial charge >= 0.3 is 0 Å². The van der Waals surface area contributed by atoms with Crippen LogP contribution < -0.4 is 0 Å². The van der Waals surface area contributed by atoms with Crippen molar-refractivity contribution in [3.63, 3.8) is 0 Å². The van der Waals surface area contributed by atoms with Crippen LogP contribution in [-0.2, 0) is 12.8 Å². The van der Waals surface area contributed by atoms with Crippen LogP contribution in [-0.4, -0.2) is 26.4 Å². The first-order chi connectivity index (χ1) is 6.86. The molecular weight excluding hydrogens is 196 g/mol. The van der Waals surface area contributed by atoms with Crippen LogP contribution in [0, 0.1) is 0 Å². The Morgan fingerprint density at radius 2 is 2.07 bits per heavy atom. The van der Waals surface area contributed by atoms with Crippen molar-refractivity contribution in [2.45, 2.75) is 31.7 Å². The van der Waals surface area contributed by atoms with Gasteiger partial charge in [-0.05, 0) is 37.2 Å². The number of hydrogen-bond donors (Lipinski definition) is 1. The number of thioether (sulfide) groups is 1. The second-order valence-electron chi connectivity index (χ2n) is 4.04. The van der Waals surface area contributed by atoms with Gasteiger partial charge in [0.2, 0.25) is 5.88 Å². The molecule has 2 heterocycles. The van der Waals surface area contributed by atoms with E-state index in [9.17, 15) is 5.11 Å². The van der Waals surface area contributed by atoms with E-state index < -0.39 is 0 Å². The molecule has 0 saturated heterocycles. The van der Waals surface area contributed by atoms with Gasteiger partial charge in [-0.25, -0.2) is 0 Å². The Morgan fingerprint density at radius 1 is 1.29 bits per heavy atom. The van der Waals surface area contributed by atoms with Crippen molar-refractivity contribution in [1.29, 1.82) is 0 Å². The zero-order chi connectivity index (χ0) is 9.54. The quantitative estimate of drug-likeness (QED) is 0.767. The fourth-order valence-corrected chi connectivity index (χ4v) is 2.97. The summed E-state index contributed by atoms with van der Waals surface area (Å²) < 4.78 is 2.08. The summed E-state index contributed by atoms with van der Waals surface area (Å²) in [5.74, 6) is 2.58. The maximum absolute atomic E-state index is 9.74. The highest BCUT2D eigenvalue weighted by Crippen LogP contribution is 2.39. The molecule has 1 aliphatic heterocycles. The zero-order valence-electron chi connectivity index (χ0n) is 8.07. The molecule has 3 rings (SSSR count). The summed E-state index contributed by atoms with van der Waals surface area (Å²) in [6, 6.07) is 0.591. The Bertz CT molecular complexity index is 357. The Kier molecular flexibility index (Phi) is 1.97. The van der Waals surface area contributed by atoms with Gasteiger partial charge in [0.25, 0.3) is 0 Å². The van der Waals surface area contributed by atoms with Crippen molar-refractivity contribution >= 4 is 11.8 Å². The average Bonchev–Trinajstić information content (AvgIpc) is 2.99. The Morgan fingerprint density at radius 3 is 2.86 bits per heavy atom. The van der Waals surface area contributed by atoms with Crippen molar-refractivity contribution < 1.29 is 5.11 Å². The van der Waals surface area contributed by atoms with Crippen LogP contribution in [0.1, 0.15) is 30.1 Å². The molecule has 0 bridgehead atoms. The third-order valence-electron chi connectivity index (χ3n) is 2.97. The van der Waals surface area contributed by atoms with E-state index in [1.54, 1.807) is 0 Å². The molecule has 76 valence electrons. The van der Waals surface area contributed by atoms with Gasteiger partial charge in [0.05, 0.1) is 6.04 Å². The van der Waals surface area contributed by atoms with E-state index >= 15 is 0 Å². The minimum atomic E-state index is 0.286. The van der Waals surface area contributed by atoms with Crippen molar-refractivity contribution in [3.05, 3.63) is 11.3 Å². The largest absolute Gasteiger partial charge is 0.492 e. The number of aromatic nitrogens is 2. The molecule has 0 unspecified atom stereocenters. The Labute approximate surface area is 87.5 Å². The number of nitrogens with zero attached hydrogens (tertiary/aromatic N) is 2. The molecule has 1 N–H and O–H groups in total. The van der Waals surface area contributed by atoms with Gasteiger partial charge in [-0.2, -0.15) is 11.8 Å². The van der Waals surface area contributed by atoms with Crippen molar-refractivity contribution in [3.8, 4) is 5.88 Å². The van der Waals surface area contributed by atoms with Gasteiger partial charge in [0.1, 0.15) is 0 Å². The lowest BCUT2D eigenvalue weighted by Gasteiger charge is -2.03. The van der Waals surface area contributed by atoms with E-state index in [2.05, 4.69) is 9.78 Å². The van der Waals surface area contributed by atoms with Crippen molar-refractivity contribution in [2.75, 3.05) is 11.5 Å².